The Morgan fingerprint density at radius 2 is 1.64 bits per heavy atom. The average molecular weight is 446 g/mol. The topological polar surface area (TPSA) is 87.7 Å². The van der Waals surface area contributed by atoms with Gasteiger partial charge in [0.05, 0.1) is 6.42 Å². The van der Waals surface area contributed by atoms with E-state index in [1.165, 1.54) is 0 Å². The van der Waals surface area contributed by atoms with E-state index in [1.54, 1.807) is 30.6 Å². The number of hydrogen-bond donors (Lipinski definition) is 1. The van der Waals surface area contributed by atoms with E-state index < -0.39 is 0 Å². The van der Waals surface area contributed by atoms with Crippen LogP contribution in [0.15, 0.2) is 67.0 Å². The fourth-order valence-corrected chi connectivity index (χ4v) is 3.66. The van der Waals surface area contributed by atoms with E-state index in [1.807, 2.05) is 48.2 Å². The maximum absolute atomic E-state index is 12.7. The number of amides is 2. The Bertz CT molecular complexity index is 1080. The van der Waals surface area contributed by atoms with E-state index in [0.29, 0.717) is 50.0 Å². The summed E-state index contributed by atoms with van der Waals surface area (Å²) in [7, 11) is 0. The third-order valence-corrected chi connectivity index (χ3v) is 5.51. The number of nitrogens with zero attached hydrogens (tertiary/aromatic N) is 4. The van der Waals surface area contributed by atoms with Crippen molar-refractivity contribution in [2.45, 2.75) is 13.3 Å². The molecule has 0 radical (unpaired) electrons. The molecule has 170 valence electrons. The molecule has 33 heavy (non-hydrogen) atoms. The molecule has 0 saturated carbocycles. The number of hydrogen-bond acceptors (Lipinski definition) is 6. The van der Waals surface area contributed by atoms with Crippen LogP contribution in [0.1, 0.15) is 11.1 Å². The standard InChI is InChI=1S/C25H27N5O3/c1-19-5-2-3-6-22(19)33-18-23(31)28-21-9-7-20(8-10-21)17-24(32)29-13-15-30(16-14-29)25-26-11-4-12-27-25/h2-12H,13-18H2,1H3,(H,28,31). The number of carbonyl (C=O) groups is 2. The molecule has 8 nitrogen and oxygen atoms in total. The summed E-state index contributed by atoms with van der Waals surface area (Å²) in [5.74, 6) is 1.25. The van der Waals surface area contributed by atoms with Crippen molar-refractivity contribution in [3.63, 3.8) is 0 Å². The molecule has 2 heterocycles. The van der Waals surface area contributed by atoms with Gasteiger partial charge in [0.1, 0.15) is 5.75 Å². The summed E-state index contributed by atoms with van der Waals surface area (Å²) in [5.41, 5.74) is 2.55. The van der Waals surface area contributed by atoms with Crippen molar-refractivity contribution in [2.24, 2.45) is 0 Å². The summed E-state index contributed by atoms with van der Waals surface area (Å²) in [6.07, 6.45) is 3.78. The number of benzene rings is 2. The van der Waals surface area contributed by atoms with Crippen LogP contribution in [-0.4, -0.2) is 59.5 Å². The number of aryl methyl sites for hydroxylation is 1. The second kappa shape index (κ2) is 10.6. The van der Waals surface area contributed by atoms with Gasteiger partial charge in [-0.1, -0.05) is 30.3 Å². The van der Waals surface area contributed by atoms with E-state index in [-0.39, 0.29) is 18.4 Å². The molecule has 2 amide bonds. The lowest BCUT2D eigenvalue weighted by atomic mass is 10.1. The van der Waals surface area contributed by atoms with E-state index in [2.05, 4.69) is 20.2 Å². The zero-order valence-electron chi connectivity index (χ0n) is 18.6. The molecule has 0 spiro atoms. The number of anilines is 2. The number of nitrogens with one attached hydrogen (secondary N) is 1. The molecule has 1 N–H and O–H groups in total. The van der Waals surface area contributed by atoms with Gasteiger partial charge in [-0.05, 0) is 42.3 Å². The van der Waals surface area contributed by atoms with E-state index in [4.69, 9.17) is 4.74 Å². The van der Waals surface area contributed by atoms with Gasteiger partial charge in [-0.2, -0.15) is 0 Å². The molecule has 0 atom stereocenters. The minimum absolute atomic E-state index is 0.0644. The summed E-state index contributed by atoms with van der Waals surface area (Å²) in [6.45, 7) is 4.59. The van der Waals surface area contributed by atoms with E-state index in [0.717, 1.165) is 11.1 Å². The van der Waals surface area contributed by atoms with Gasteiger partial charge in [0.2, 0.25) is 11.9 Å². The maximum atomic E-state index is 12.7. The largest absolute Gasteiger partial charge is 0.483 e. The van der Waals surface area contributed by atoms with Crippen LogP contribution in [0.5, 0.6) is 5.75 Å². The Balaban J connectivity index is 1.22. The number of carbonyl (C=O) groups excluding carboxylic acids is 2. The molecule has 0 bridgehead atoms. The summed E-state index contributed by atoms with van der Waals surface area (Å²) >= 11 is 0. The Morgan fingerprint density at radius 3 is 2.33 bits per heavy atom. The number of para-hydroxylation sites is 1. The zero-order valence-corrected chi connectivity index (χ0v) is 18.6. The first kappa shape index (κ1) is 22.3. The van der Waals surface area contributed by atoms with Crippen LogP contribution in [0, 0.1) is 6.92 Å². The van der Waals surface area contributed by atoms with Gasteiger partial charge >= 0.3 is 0 Å². The minimum Gasteiger partial charge on any atom is -0.483 e. The van der Waals surface area contributed by atoms with Gasteiger partial charge in [0, 0.05) is 44.3 Å². The number of piperazine rings is 1. The molecule has 1 aliphatic heterocycles. The molecule has 3 aromatic rings. The predicted molar refractivity (Wildman–Crippen MR) is 126 cm³/mol. The van der Waals surface area contributed by atoms with Crippen LogP contribution in [0.3, 0.4) is 0 Å². The van der Waals surface area contributed by atoms with Crippen LogP contribution < -0.4 is 15.0 Å². The predicted octanol–water partition coefficient (Wildman–Crippen LogP) is 2.69. The lowest BCUT2D eigenvalue weighted by Crippen LogP contribution is -2.49. The third kappa shape index (κ3) is 6.06. The van der Waals surface area contributed by atoms with Crippen LogP contribution in [0.2, 0.25) is 0 Å². The summed E-state index contributed by atoms with van der Waals surface area (Å²) in [6, 6.07) is 16.7. The van der Waals surface area contributed by atoms with Crippen molar-refractivity contribution < 1.29 is 14.3 Å². The molecule has 0 aliphatic carbocycles. The molecule has 2 aromatic carbocycles. The lowest BCUT2D eigenvalue weighted by molar-refractivity contribution is -0.130. The van der Waals surface area contributed by atoms with Crippen LogP contribution in [0.25, 0.3) is 0 Å². The second-order valence-electron chi connectivity index (χ2n) is 7.89. The number of aromatic nitrogens is 2. The van der Waals surface area contributed by atoms with Gasteiger partial charge in [0.25, 0.3) is 5.91 Å². The highest BCUT2D eigenvalue weighted by Gasteiger charge is 2.22. The van der Waals surface area contributed by atoms with Crippen molar-refractivity contribution in [1.29, 1.82) is 0 Å². The molecular formula is C25H27N5O3. The molecular weight excluding hydrogens is 418 g/mol. The number of rotatable bonds is 7. The van der Waals surface area contributed by atoms with Crippen LogP contribution >= 0.6 is 0 Å². The SMILES string of the molecule is Cc1ccccc1OCC(=O)Nc1ccc(CC(=O)N2CCN(c3ncccn3)CC2)cc1. The number of ether oxygens (including phenoxy) is 1. The van der Waals surface area contributed by atoms with Crippen molar-refractivity contribution in [3.8, 4) is 5.75 Å². The van der Waals surface area contributed by atoms with Gasteiger partial charge in [-0.3, -0.25) is 9.59 Å². The summed E-state index contributed by atoms with van der Waals surface area (Å²) < 4.78 is 5.58. The average Bonchev–Trinajstić information content (AvgIpc) is 2.85. The fourth-order valence-electron chi connectivity index (χ4n) is 3.66. The second-order valence-corrected chi connectivity index (χ2v) is 7.89. The van der Waals surface area contributed by atoms with Crippen LogP contribution in [0.4, 0.5) is 11.6 Å². The Hall–Kier alpha value is -3.94. The van der Waals surface area contributed by atoms with Crippen molar-refractivity contribution in [1.82, 2.24) is 14.9 Å². The molecule has 1 aromatic heterocycles. The zero-order chi connectivity index (χ0) is 23.0. The molecule has 8 heteroatoms. The normalized spacial score (nSPS) is 13.5. The van der Waals surface area contributed by atoms with Crippen molar-refractivity contribution in [3.05, 3.63) is 78.1 Å². The van der Waals surface area contributed by atoms with Gasteiger partial charge in [-0.25, -0.2) is 9.97 Å². The van der Waals surface area contributed by atoms with E-state index in [9.17, 15) is 9.59 Å². The lowest BCUT2D eigenvalue weighted by Gasteiger charge is -2.34. The Kier molecular flexibility index (Phi) is 7.14. The third-order valence-electron chi connectivity index (χ3n) is 5.51. The van der Waals surface area contributed by atoms with E-state index >= 15 is 0 Å². The van der Waals surface area contributed by atoms with Crippen LogP contribution in [-0.2, 0) is 16.0 Å². The molecule has 1 aliphatic rings. The highest BCUT2D eigenvalue weighted by molar-refractivity contribution is 5.92. The monoisotopic (exact) mass is 445 g/mol. The molecule has 1 fully saturated rings. The smallest absolute Gasteiger partial charge is 0.262 e. The Labute approximate surface area is 193 Å². The fraction of sp³-hybridized carbons (Fsp3) is 0.280. The molecule has 0 unspecified atom stereocenters. The summed E-state index contributed by atoms with van der Waals surface area (Å²) in [5, 5.41) is 2.82. The first-order valence-electron chi connectivity index (χ1n) is 11.0. The van der Waals surface area contributed by atoms with Gasteiger partial charge < -0.3 is 19.9 Å². The highest BCUT2D eigenvalue weighted by Crippen LogP contribution is 2.17. The van der Waals surface area contributed by atoms with Gasteiger partial charge in [0.15, 0.2) is 6.61 Å². The first-order valence-corrected chi connectivity index (χ1v) is 11.0. The highest BCUT2D eigenvalue weighted by atomic mass is 16.5. The minimum atomic E-state index is -0.234. The first-order chi connectivity index (χ1) is 16.1. The molecule has 4 rings (SSSR count). The summed E-state index contributed by atoms with van der Waals surface area (Å²) in [4.78, 5) is 37.4. The van der Waals surface area contributed by atoms with Crippen molar-refractivity contribution in [2.75, 3.05) is 43.0 Å². The Morgan fingerprint density at radius 1 is 0.939 bits per heavy atom. The maximum Gasteiger partial charge on any atom is 0.262 e. The van der Waals surface area contributed by atoms with Gasteiger partial charge in [-0.15, -0.1) is 0 Å². The quantitative estimate of drug-likeness (QED) is 0.602. The van der Waals surface area contributed by atoms with Crippen molar-refractivity contribution >= 4 is 23.5 Å². The molecule has 1 saturated heterocycles.